The monoisotopic (exact) mass is 465 g/mol. The largest absolute Gasteiger partial charge is 0.480 e. The van der Waals surface area contributed by atoms with Crippen LogP contribution in [0.4, 0.5) is 4.79 Å². The van der Waals surface area contributed by atoms with Crippen LogP contribution in [0.1, 0.15) is 37.4 Å². The van der Waals surface area contributed by atoms with E-state index in [0.717, 1.165) is 11.1 Å². The van der Waals surface area contributed by atoms with E-state index in [4.69, 9.17) is 9.84 Å². The molecule has 0 fully saturated rings. The molecule has 1 aromatic heterocycles. The molecule has 2 amide bonds. The van der Waals surface area contributed by atoms with Gasteiger partial charge in [-0.15, -0.1) is 11.3 Å². The molecule has 8 nitrogen and oxygen atoms in total. The topological polar surface area (TPSA) is 118 Å². The van der Waals surface area contributed by atoms with E-state index in [-0.39, 0.29) is 18.2 Å². The molecule has 3 N–H and O–H groups in total. The van der Waals surface area contributed by atoms with Gasteiger partial charge in [-0.2, -0.15) is 0 Å². The Morgan fingerprint density at radius 1 is 1.03 bits per heavy atom. The van der Waals surface area contributed by atoms with Crippen molar-refractivity contribution in [2.75, 3.05) is 19.7 Å². The lowest BCUT2D eigenvalue weighted by atomic mass is 9.98. The number of alkyl carbamates (subject to hydrolysis) is 1. The number of rotatable bonds is 8. The number of amides is 2. The molecule has 0 atom stereocenters. The van der Waals surface area contributed by atoms with Crippen LogP contribution in [-0.4, -0.2) is 47.8 Å². The first-order chi connectivity index (χ1) is 15.9. The number of carbonyl (C=O) groups excluding carboxylic acids is 2. The number of aromatic nitrogens is 1. The van der Waals surface area contributed by atoms with Crippen LogP contribution in [0.3, 0.4) is 0 Å². The fourth-order valence-corrected chi connectivity index (χ4v) is 4.86. The summed E-state index contributed by atoms with van der Waals surface area (Å²) in [6.45, 7) is 1.83. The number of thiazole rings is 1. The second-order valence-electron chi connectivity index (χ2n) is 7.59. The summed E-state index contributed by atoms with van der Waals surface area (Å²) in [5.41, 5.74) is 4.85. The average Bonchev–Trinajstić information content (AvgIpc) is 3.33. The highest BCUT2D eigenvalue weighted by Gasteiger charge is 2.29. The van der Waals surface area contributed by atoms with Gasteiger partial charge in [0.2, 0.25) is 0 Å². The van der Waals surface area contributed by atoms with E-state index < -0.39 is 24.5 Å². The van der Waals surface area contributed by atoms with Gasteiger partial charge in [0.15, 0.2) is 0 Å². The van der Waals surface area contributed by atoms with E-state index in [1.54, 1.807) is 6.92 Å². The molecule has 0 bridgehead atoms. The lowest BCUT2D eigenvalue weighted by molar-refractivity contribution is -0.135. The van der Waals surface area contributed by atoms with Crippen LogP contribution in [-0.2, 0) is 16.0 Å². The second kappa shape index (κ2) is 9.83. The Bertz CT molecular complexity index is 1160. The summed E-state index contributed by atoms with van der Waals surface area (Å²) in [5.74, 6) is -1.65. The third-order valence-electron chi connectivity index (χ3n) is 5.41. The van der Waals surface area contributed by atoms with E-state index >= 15 is 0 Å². The van der Waals surface area contributed by atoms with Gasteiger partial charge in [0.25, 0.3) is 5.91 Å². The van der Waals surface area contributed by atoms with E-state index in [1.165, 1.54) is 22.5 Å². The molecule has 9 heteroatoms. The maximum absolute atomic E-state index is 12.3. The van der Waals surface area contributed by atoms with Crippen molar-refractivity contribution in [2.24, 2.45) is 0 Å². The Morgan fingerprint density at radius 3 is 2.30 bits per heavy atom. The van der Waals surface area contributed by atoms with Gasteiger partial charge < -0.3 is 20.5 Å². The molecule has 170 valence electrons. The Balaban J connectivity index is 1.28. The van der Waals surface area contributed by atoms with E-state index in [9.17, 15) is 14.4 Å². The molecular weight excluding hydrogens is 442 g/mol. The minimum absolute atomic E-state index is 0.00312. The third kappa shape index (κ3) is 5.04. The van der Waals surface area contributed by atoms with Crippen molar-refractivity contribution in [3.63, 3.8) is 0 Å². The highest BCUT2D eigenvalue weighted by molar-refractivity contribution is 7.11. The van der Waals surface area contributed by atoms with Crippen molar-refractivity contribution in [1.29, 1.82) is 0 Å². The number of aliphatic carboxylic acids is 1. The lowest BCUT2D eigenvalue weighted by Crippen LogP contribution is -2.30. The van der Waals surface area contributed by atoms with Crippen LogP contribution >= 0.6 is 11.3 Å². The number of benzene rings is 2. The number of aryl methyl sites for hydroxylation is 1. The summed E-state index contributed by atoms with van der Waals surface area (Å²) in [4.78, 5) is 39.9. The number of hydrogen-bond acceptors (Lipinski definition) is 6. The summed E-state index contributed by atoms with van der Waals surface area (Å²) in [6, 6.07) is 16.3. The van der Waals surface area contributed by atoms with Crippen molar-refractivity contribution in [3.8, 4) is 11.1 Å². The van der Waals surface area contributed by atoms with Crippen LogP contribution in [0.15, 0.2) is 48.5 Å². The Hall–Kier alpha value is -3.72. The standard InChI is InChI=1S/C24H23N3O5S/c1-14-22(23(30)26-12-21(28)29)27-20(33-14)10-11-25-24(31)32-13-19-17-8-4-2-6-15(17)16-7-3-5-9-18(16)19/h2-9,19H,10-13H2,1H3,(H,25,31)(H,26,30)(H,28,29). The van der Waals surface area contributed by atoms with Crippen LogP contribution in [0.25, 0.3) is 11.1 Å². The highest BCUT2D eigenvalue weighted by atomic mass is 32.1. The minimum atomic E-state index is -1.12. The highest BCUT2D eigenvalue weighted by Crippen LogP contribution is 2.44. The number of carboxylic acid groups (broad SMARTS) is 1. The molecule has 0 spiro atoms. The van der Waals surface area contributed by atoms with Gasteiger partial charge in [0, 0.05) is 23.8 Å². The van der Waals surface area contributed by atoms with Crippen LogP contribution in [0.5, 0.6) is 0 Å². The zero-order valence-electron chi connectivity index (χ0n) is 18.0. The fraction of sp³-hybridized carbons (Fsp3) is 0.250. The Kier molecular flexibility index (Phi) is 6.69. The summed E-state index contributed by atoms with van der Waals surface area (Å²) in [7, 11) is 0. The number of ether oxygens (including phenoxy) is 1. The van der Waals surface area contributed by atoms with Crippen LogP contribution < -0.4 is 10.6 Å². The van der Waals surface area contributed by atoms with Crippen molar-refractivity contribution in [2.45, 2.75) is 19.3 Å². The van der Waals surface area contributed by atoms with Gasteiger partial charge in [0.1, 0.15) is 18.8 Å². The maximum Gasteiger partial charge on any atom is 0.407 e. The van der Waals surface area contributed by atoms with Gasteiger partial charge in [0.05, 0.1) is 5.01 Å². The third-order valence-corrected chi connectivity index (χ3v) is 6.44. The molecule has 1 aliphatic carbocycles. The van der Waals surface area contributed by atoms with Crippen LogP contribution in [0, 0.1) is 6.92 Å². The number of nitrogens with one attached hydrogen (secondary N) is 2. The molecule has 2 aromatic carbocycles. The quantitative estimate of drug-likeness (QED) is 0.470. The summed E-state index contributed by atoms with van der Waals surface area (Å²) < 4.78 is 5.51. The first-order valence-electron chi connectivity index (χ1n) is 10.5. The summed E-state index contributed by atoms with van der Waals surface area (Å²) >= 11 is 1.34. The molecule has 0 saturated heterocycles. The van der Waals surface area contributed by atoms with Crippen molar-refractivity contribution < 1.29 is 24.2 Å². The number of carbonyl (C=O) groups is 3. The average molecular weight is 466 g/mol. The van der Waals surface area contributed by atoms with Gasteiger partial charge in [-0.25, -0.2) is 9.78 Å². The van der Waals surface area contributed by atoms with Crippen LogP contribution in [0.2, 0.25) is 0 Å². The van der Waals surface area contributed by atoms with Gasteiger partial charge >= 0.3 is 12.1 Å². The molecule has 0 aliphatic heterocycles. The lowest BCUT2D eigenvalue weighted by Gasteiger charge is -2.14. The molecule has 0 unspecified atom stereocenters. The second-order valence-corrected chi connectivity index (χ2v) is 8.88. The predicted octanol–water partition coefficient (Wildman–Crippen LogP) is 3.35. The zero-order chi connectivity index (χ0) is 23.4. The summed E-state index contributed by atoms with van der Waals surface area (Å²) in [6.07, 6.45) is -0.0772. The first kappa shape index (κ1) is 22.5. The molecule has 0 radical (unpaired) electrons. The van der Waals surface area contributed by atoms with Crippen molar-refractivity contribution in [3.05, 3.63) is 75.2 Å². The fourth-order valence-electron chi connectivity index (χ4n) is 3.93. The molecule has 0 saturated carbocycles. The number of carboxylic acids is 1. The number of fused-ring (bicyclic) bond motifs is 3. The molecule has 33 heavy (non-hydrogen) atoms. The number of hydrogen-bond donors (Lipinski definition) is 3. The predicted molar refractivity (Wildman–Crippen MR) is 124 cm³/mol. The SMILES string of the molecule is Cc1sc(CCNC(=O)OCC2c3ccccc3-c3ccccc32)nc1C(=O)NCC(=O)O. The Morgan fingerprint density at radius 2 is 1.67 bits per heavy atom. The minimum Gasteiger partial charge on any atom is -0.480 e. The first-order valence-corrected chi connectivity index (χ1v) is 11.3. The smallest absolute Gasteiger partial charge is 0.407 e. The Labute approximate surface area is 194 Å². The summed E-state index contributed by atoms with van der Waals surface area (Å²) in [5, 5.41) is 14.4. The molecule has 1 aliphatic rings. The molecule has 4 rings (SSSR count). The van der Waals surface area contributed by atoms with E-state index in [2.05, 4.69) is 39.9 Å². The zero-order valence-corrected chi connectivity index (χ0v) is 18.8. The molecule has 1 heterocycles. The van der Waals surface area contributed by atoms with Gasteiger partial charge in [-0.1, -0.05) is 48.5 Å². The molecular formula is C24H23N3O5S. The van der Waals surface area contributed by atoms with Crippen molar-refractivity contribution in [1.82, 2.24) is 15.6 Å². The molecule has 3 aromatic rings. The maximum atomic E-state index is 12.3. The normalized spacial score (nSPS) is 12.0. The van der Waals surface area contributed by atoms with E-state index in [0.29, 0.717) is 22.9 Å². The van der Waals surface area contributed by atoms with Gasteiger partial charge in [-0.3, -0.25) is 9.59 Å². The van der Waals surface area contributed by atoms with E-state index in [1.807, 2.05) is 24.3 Å². The van der Waals surface area contributed by atoms with Crippen molar-refractivity contribution >= 4 is 29.3 Å². The number of nitrogens with zero attached hydrogens (tertiary/aromatic N) is 1. The van der Waals surface area contributed by atoms with Gasteiger partial charge in [-0.05, 0) is 29.2 Å².